The summed E-state index contributed by atoms with van der Waals surface area (Å²) in [5.41, 5.74) is 3.26. The fraction of sp³-hybridized carbons (Fsp3) is 0.294. The van der Waals surface area contributed by atoms with Crippen molar-refractivity contribution >= 4 is 21.4 Å². The molecule has 1 unspecified atom stereocenters. The average Bonchev–Trinajstić information content (AvgIpc) is 2.36. The third-order valence-corrected chi connectivity index (χ3v) is 5.15. The first-order chi connectivity index (χ1) is 10.2. The maximum atomic E-state index is 12.3. The van der Waals surface area contributed by atoms with Gasteiger partial charge in [-0.25, -0.2) is 8.42 Å². The summed E-state index contributed by atoms with van der Waals surface area (Å²) in [7, 11) is -3.43. The van der Waals surface area contributed by atoms with Crippen LogP contribution < -0.4 is 0 Å². The topological polar surface area (TPSA) is 54.4 Å². The Balaban J connectivity index is 2.14. The van der Waals surface area contributed by atoms with Gasteiger partial charge in [0.05, 0.1) is 17.6 Å². The lowest BCUT2D eigenvalue weighted by molar-refractivity contribution is 0.201. The van der Waals surface area contributed by atoms with Crippen molar-refractivity contribution < 1.29 is 13.5 Å². The highest BCUT2D eigenvalue weighted by Gasteiger charge is 2.20. The van der Waals surface area contributed by atoms with E-state index in [9.17, 15) is 13.5 Å². The van der Waals surface area contributed by atoms with Gasteiger partial charge in [-0.1, -0.05) is 53.1 Å². The van der Waals surface area contributed by atoms with Gasteiger partial charge in [-0.3, -0.25) is 0 Å². The van der Waals surface area contributed by atoms with E-state index < -0.39 is 15.9 Å². The lowest BCUT2D eigenvalue weighted by Crippen LogP contribution is -2.16. The largest absolute Gasteiger partial charge is 0.387 e. The lowest BCUT2D eigenvalue weighted by atomic mass is 10.0. The van der Waals surface area contributed by atoms with Crippen LogP contribution in [0.1, 0.15) is 28.4 Å². The second kappa shape index (κ2) is 6.82. The van der Waals surface area contributed by atoms with Gasteiger partial charge in [0.15, 0.2) is 9.84 Å². The van der Waals surface area contributed by atoms with E-state index in [4.69, 9.17) is 11.6 Å². The molecule has 0 aliphatic carbocycles. The summed E-state index contributed by atoms with van der Waals surface area (Å²) in [6.07, 6.45) is -1.03. The second-order valence-corrected chi connectivity index (χ2v) is 8.17. The molecule has 2 aromatic rings. The molecule has 0 saturated heterocycles. The number of hydrogen-bond acceptors (Lipinski definition) is 3. The number of rotatable bonds is 5. The minimum atomic E-state index is -3.43. The first kappa shape index (κ1) is 17.0. The smallest absolute Gasteiger partial charge is 0.157 e. The summed E-state index contributed by atoms with van der Waals surface area (Å²) in [5.74, 6) is -0.433. The van der Waals surface area contributed by atoms with E-state index in [1.165, 1.54) is 0 Å². The van der Waals surface area contributed by atoms with Crippen molar-refractivity contribution in [3.63, 3.8) is 0 Å². The molecule has 1 atom stereocenters. The van der Waals surface area contributed by atoms with E-state index in [-0.39, 0.29) is 11.5 Å². The summed E-state index contributed by atoms with van der Waals surface area (Å²) in [5, 5.41) is 10.7. The van der Waals surface area contributed by atoms with Gasteiger partial charge in [0, 0.05) is 5.02 Å². The van der Waals surface area contributed by atoms with Gasteiger partial charge >= 0.3 is 0 Å². The molecule has 0 fully saturated rings. The fourth-order valence-electron chi connectivity index (χ4n) is 2.48. The Morgan fingerprint density at radius 1 is 1.09 bits per heavy atom. The number of halogens is 1. The molecular weight excluding hydrogens is 320 g/mol. The molecule has 1 N–H and O–H groups in total. The minimum Gasteiger partial charge on any atom is -0.387 e. The number of aliphatic hydroxyl groups is 1. The zero-order valence-electron chi connectivity index (χ0n) is 12.6. The number of sulfone groups is 1. The molecule has 0 spiro atoms. The Labute approximate surface area is 136 Å². The van der Waals surface area contributed by atoms with Crippen LogP contribution in [-0.2, 0) is 15.6 Å². The highest BCUT2D eigenvalue weighted by molar-refractivity contribution is 7.90. The number of aliphatic hydroxyl groups excluding tert-OH is 1. The maximum absolute atomic E-state index is 12.3. The van der Waals surface area contributed by atoms with Crippen LogP contribution in [0.5, 0.6) is 0 Å². The quantitative estimate of drug-likeness (QED) is 0.906. The molecule has 2 aromatic carbocycles. The normalized spacial score (nSPS) is 13.1. The summed E-state index contributed by atoms with van der Waals surface area (Å²) < 4.78 is 24.5. The van der Waals surface area contributed by atoms with E-state index in [2.05, 4.69) is 0 Å². The molecule has 0 bridgehead atoms. The van der Waals surface area contributed by atoms with Crippen molar-refractivity contribution in [1.82, 2.24) is 0 Å². The molecule has 0 amide bonds. The SMILES string of the molecule is Cc1cc(C)cc(C(O)CS(=O)(=O)Cc2cccc(Cl)c2)c1. The van der Waals surface area contributed by atoms with Gasteiger partial charge in [-0.15, -0.1) is 0 Å². The van der Waals surface area contributed by atoms with Crippen LogP contribution in [0.25, 0.3) is 0 Å². The molecule has 0 heterocycles. The molecule has 0 aromatic heterocycles. The van der Waals surface area contributed by atoms with Gasteiger partial charge in [0.2, 0.25) is 0 Å². The standard InChI is InChI=1S/C17H19ClO3S/c1-12-6-13(2)8-15(7-12)17(19)11-22(20,21)10-14-4-3-5-16(18)9-14/h3-9,17,19H,10-11H2,1-2H3. The zero-order valence-corrected chi connectivity index (χ0v) is 14.2. The van der Waals surface area contributed by atoms with Crippen LogP contribution >= 0.6 is 11.6 Å². The van der Waals surface area contributed by atoms with Crippen molar-refractivity contribution in [2.45, 2.75) is 25.7 Å². The number of benzene rings is 2. The predicted molar refractivity (Wildman–Crippen MR) is 89.8 cm³/mol. The van der Waals surface area contributed by atoms with Crippen molar-refractivity contribution in [2.75, 3.05) is 5.75 Å². The lowest BCUT2D eigenvalue weighted by Gasteiger charge is -2.13. The maximum Gasteiger partial charge on any atom is 0.157 e. The molecule has 3 nitrogen and oxygen atoms in total. The summed E-state index contributed by atoms with van der Waals surface area (Å²) >= 11 is 5.87. The monoisotopic (exact) mass is 338 g/mol. The Bertz CT molecular complexity index is 749. The molecule has 0 saturated carbocycles. The van der Waals surface area contributed by atoms with Crippen molar-refractivity contribution in [2.24, 2.45) is 0 Å². The molecule has 0 radical (unpaired) electrons. The molecule has 0 aliphatic heterocycles. The Hall–Kier alpha value is -1.36. The Morgan fingerprint density at radius 2 is 1.73 bits per heavy atom. The van der Waals surface area contributed by atoms with E-state index in [1.807, 2.05) is 32.0 Å². The van der Waals surface area contributed by atoms with Gasteiger partial charge in [0.25, 0.3) is 0 Å². The Kier molecular flexibility index (Phi) is 5.27. The second-order valence-electron chi connectivity index (χ2n) is 5.62. The summed E-state index contributed by atoms with van der Waals surface area (Å²) in [4.78, 5) is 0. The van der Waals surface area contributed by atoms with Crippen molar-refractivity contribution in [3.05, 3.63) is 69.7 Å². The zero-order chi connectivity index (χ0) is 16.3. The third kappa shape index (κ3) is 4.83. The Morgan fingerprint density at radius 3 is 2.32 bits per heavy atom. The molecule has 118 valence electrons. The molecule has 2 rings (SSSR count). The molecule has 5 heteroatoms. The van der Waals surface area contributed by atoms with Gasteiger partial charge in [-0.05, 0) is 37.1 Å². The van der Waals surface area contributed by atoms with Gasteiger partial charge in [-0.2, -0.15) is 0 Å². The third-order valence-electron chi connectivity index (χ3n) is 3.32. The molecule has 22 heavy (non-hydrogen) atoms. The highest BCUT2D eigenvalue weighted by atomic mass is 35.5. The van der Waals surface area contributed by atoms with E-state index in [0.29, 0.717) is 16.1 Å². The van der Waals surface area contributed by atoms with E-state index in [0.717, 1.165) is 11.1 Å². The van der Waals surface area contributed by atoms with Crippen molar-refractivity contribution in [1.29, 1.82) is 0 Å². The first-order valence-corrected chi connectivity index (χ1v) is 9.16. The van der Waals surface area contributed by atoms with Crippen LogP contribution in [0.4, 0.5) is 0 Å². The molecule has 0 aliphatic rings. The van der Waals surface area contributed by atoms with Crippen LogP contribution in [0, 0.1) is 13.8 Å². The fourth-order valence-corrected chi connectivity index (χ4v) is 4.17. The summed E-state index contributed by atoms with van der Waals surface area (Å²) in [6.45, 7) is 3.84. The van der Waals surface area contributed by atoms with Gasteiger partial charge in [0.1, 0.15) is 0 Å². The van der Waals surface area contributed by atoms with Crippen molar-refractivity contribution in [3.8, 4) is 0 Å². The minimum absolute atomic E-state index is 0.130. The van der Waals surface area contributed by atoms with Crippen LogP contribution in [0.3, 0.4) is 0 Å². The highest BCUT2D eigenvalue weighted by Crippen LogP contribution is 2.21. The van der Waals surface area contributed by atoms with E-state index >= 15 is 0 Å². The first-order valence-electron chi connectivity index (χ1n) is 6.96. The van der Waals surface area contributed by atoms with E-state index in [1.54, 1.807) is 24.3 Å². The molecular formula is C17H19ClO3S. The van der Waals surface area contributed by atoms with Crippen LogP contribution in [-0.4, -0.2) is 19.3 Å². The van der Waals surface area contributed by atoms with Crippen LogP contribution in [0.2, 0.25) is 5.02 Å². The summed E-state index contributed by atoms with van der Waals surface area (Å²) in [6, 6.07) is 12.4. The number of hydrogen-bond donors (Lipinski definition) is 1. The predicted octanol–water partition coefficient (Wildman–Crippen LogP) is 3.61. The average molecular weight is 339 g/mol. The van der Waals surface area contributed by atoms with Gasteiger partial charge < -0.3 is 5.11 Å². The number of aryl methyl sites for hydroxylation is 2. The van der Waals surface area contributed by atoms with Crippen LogP contribution in [0.15, 0.2) is 42.5 Å².